The number of nitrogens with one attached hydrogen (secondary N) is 1. The van der Waals surface area contributed by atoms with Crippen molar-refractivity contribution in [2.24, 2.45) is 0 Å². The third-order valence-electron chi connectivity index (χ3n) is 7.09. The number of benzene rings is 2. The van der Waals surface area contributed by atoms with Crippen LogP contribution in [-0.4, -0.2) is 48.2 Å². The van der Waals surface area contributed by atoms with Crippen molar-refractivity contribution in [2.45, 2.75) is 39.2 Å². The number of esters is 1. The van der Waals surface area contributed by atoms with Crippen molar-refractivity contribution in [3.63, 3.8) is 0 Å². The summed E-state index contributed by atoms with van der Waals surface area (Å²) in [6.45, 7) is 1.60. The molecular formula is C32H29N3O7S2. The fourth-order valence-electron chi connectivity index (χ4n) is 4.97. The minimum Gasteiger partial charge on any atom is -0.493 e. The van der Waals surface area contributed by atoms with Gasteiger partial charge in [0.2, 0.25) is 5.91 Å². The van der Waals surface area contributed by atoms with E-state index in [2.05, 4.69) is 11.4 Å². The molecule has 1 aromatic heterocycles. The van der Waals surface area contributed by atoms with Gasteiger partial charge >= 0.3 is 5.97 Å². The van der Waals surface area contributed by atoms with Crippen LogP contribution in [0.15, 0.2) is 47.4 Å². The standard InChI is InChI=1S/C32H29N3O7S2/c1-3-41-31(38)28-22-10-6-7-11-25(22)43-29(28)34-27(36)17-35-30(37)26(44-32(35)39)15-19-12-13-23(24(14-19)40-2)42-18-21-9-5-4-8-20(21)16-33/h4-5,8-9,12-15H,3,6-7,10-11,17-18H2,1-2H3,(H,34,36)/b26-15+. The summed E-state index contributed by atoms with van der Waals surface area (Å²) in [7, 11) is 1.49. The van der Waals surface area contributed by atoms with E-state index in [-0.39, 0.29) is 18.1 Å². The molecule has 1 aliphatic heterocycles. The fraction of sp³-hybridized carbons (Fsp3) is 0.281. The van der Waals surface area contributed by atoms with Crippen LogP contribution in [0.25, 0.3) is 6.08 Å². The Hall–Kier alpha value is -4.60. The molecule has 3 aromatic rings. The third kappa shape index (κ3) is 6.64. The van der Waals surface area contributed by atoms with Gasteiger partial charge in [-0.3, -0.25) is 19.3 Å². The van der Waals surface area contributed by atoms with Crippen molar-refractivity contribution in [1.82, 2.24) is 4.90 Å². The number of hydrogen-bond acceptors (Lipinski definition) is 10. The van der Waals surface area contributed by atoms with Crippen molar-refractivity contribution in [3.05, 3.63) is 80.1 Å². The molecule has 2 aliphatic rings. The van der Waals surface area contributed by atoms with Crippen molar-refractivity contribution in [1.29, 1.82) is 5.26 Å². The van der Waals surface area contributed by atoms with Gasteiger partial charge in [-0.05, 0) is 79.8 Å². The smallest absolute Gasteiger partial charge is 0.341 e. The number of thiophene rings is 1. The number of amides is 3. The first-order valence-corrected chi connectivity index (χ1v) is 15.6. The predicted octanol–water partition coefficient (Wildman–Crippen LogP) is 5.94. The average Bonchev–Trinajstić information content (AvgIpc) is 3.52. The maximum absolute atomic E-state index is 13.2. The minimum absolute atomic E-state index is 0.153. The Kier molecular flexibility index (Phi) is 9.67. The van der Waals surface area contributed by atoms with Crippen LogP contribution in [0.4, 0.5) is 9.80 Å². The highest BCUT2D eigenvalue weighted by molar-refractivity contribution is 8.18. The van der Waals surface area contributed by atoms with Gasteiger partial charge in [-0.2, -0.15) is 5.26 Å². The highest BCUT2D eigenvalue weighted by Crippen LogP contribution is 2.39. The van der Waals surface area contributed by atoms with Crippen LogP contribution in [0.5, 0.6) is 11.5 Å². The molecule has 1 saturated heterocycles. The number of anilines is 1. The lowest BCUT2D eigenvalue weighted by molar-refractivity contribution is -0.127. The van der Waals surface area contributed by atoms with Crippen molar-refractivity contribution < 1.29 is 33.4 Å². The second-order valence-corrected chi connectivity index (χ2v) is 12.0. The van der Waals surface area contributed by atoms with E-state index in [0.29, 0.717) is 33.2 Å². The number of carbonyl (C=O) groups excluding carboxylic acids is 4. The summed E-state index contributed by atoms with van der Waals surface area (Å²) in [6, 6.07) is 14.3. The van der Waals surface area contributed by atoms with Gasteiger partial charge in [-0.25, -0.2) is 4.79 Å². The topological polar surface area (TPSA) is 135 Å². The monoisotopic (exact) mass is 631 g/mol. The number of aryl methyl sites for hydroxylation is 1. The number of thioether (sulfide) groups is 1. The zero-order valence-corrected chi connectivity index (χ0v) is 25.8. The van der Waals surface area contributed by atoms with Crippen LogP contribution in [0, 0.1) is 11.3 Å². The molecule has 1 fully saturated rings. The molecule has 2 heterocycles. The first-order chi connectivity index (χ1) is 21.3. The Morgan fingerprint density at radius 3 is 2.68 bits per heavy atom. The van der Waals surface area contributed by atoms with Gasteiger partial charge in [0.15, 0.2) is 11.5 Å². The Balaban J connectivity index is 1.27. The molecule has 5 rings (SSSR count). The summed E-state index contributed by atoms with van der Waals surface area (Å²) >= 11 is 2.08. The lowest BCUT2D eigenvalue weighted by atomic mass is 9.95. The lowest BCUT2D eigenvalue weighted by Gasteiger charge is -2.13. The molecule has 12 heteroatoms. The Bertz CT molecular complexity index is 1710. The highest BCUT2D eigenvalue weighted by atomic mass is 32.2. The number of imide groups is 1. The van der Waals surface area contributed by atoms with E-state index < -0.39 is 29.6 Å². The maximum Gasteiger partial charge on any atom is 0.341 e. The largest absolute Gasteiger partial charge is 0.493 e. The summed E-state index contributed by atoms with van der Waals surface area (Å²) in [5, 5.41) is 11.9. The zero-order valence-electron chi connectivity index (χ0n) is 24.1. The Morgan fingerprint density at radius 2 is 1.91 bits per heavy atom. The molecule has 10 nitrogen and oxygen atoms in total. The summed E-state index contributed by atoms with van der Waals surface area (Å²) < 4.78 is 16.6. The van der Waals surface area contributed by atoms with Crippen LogP contribution >= 0.6 is 23.1 Å². The van der Waals surface area contributed by atoms with Gasteiger partial charge in [-0.15, -0.1) is 11.3 Å². The Morgan fingerprint density at radius 1 is 1.11 bits per heavy atom. The summed E-state index contributed by atoms with van der Waals surface area (Å²) in [5.74, 6) is -0.824. The second kappa shape index (κ2) is 13.8. The molecule has 1 aliphatic carbocycles. The summed E-state index contributed by atoms with van der Waals surface area (Å²) in [4.78, 5) is 53.7. The molecule has 2 aromatic carbocycles. The molecule has 0 saturated carbocycles. The van der Waals surface area contributed by atoms with Crippen molar-refractivity contribution >= 4 is 57.2 Å². The first kappa shape index (κ1) is 30.8. The summed E-state index contributed by atoms with van der Waals surface area (Å²) in [6.07, 6.45) is 5.06. The zero-order chi connectivity index (χ0) is 31.2. The second-order valence-electron chi connectivity index (χ2n) is 9.92. The molecule has 44 heavy (non-hydrogen) atoms. The molecule has 0 atom stereocenters. The maximum atomic E-state index is 13.2. The summed E-state index contributed by atoms with van der Waals surface area (Å²) in [5.41, 5.74) is 3.11. The highest BCUT2D eigenvalue weighted by Gasteiger charge is 2.37. The van der Waals surface area contributed by atoms with E-state index in [1.807, 2.05) is 12.1 Å². The van der Waals surface area contributed by atoms with Gasteiger partial charge in [0.25, 0.3) is 11.1 Å². The molecule has 1 N–H and O–H groups in total. The molecular weight excluding hydrogens is 603 g/mol. The quantitative estimate of drug-likeness (QED) is 0.213. The molecule has 0 spiro atoms. The van der Waals surface area contributed by atoms with Crippen LogP contribution < -0.4 is 14.8 Å². The number of ether oxygens (including phenoxy) is 3. The molecule has 3 amide bonds. The van der Waals surface area contributed by atoms with Gasteiger partial charge in [0.05, 0.1) is 35.8 Å². The lowest BCUT2D eigenvalue weighted by Crippen LogP contribution is -2.36. The number of hydrogen-bond donors (Lipinski definition) is 1. The van der Waals surface area contributed by atoms with Gasteiger partial charge in [0, 0.05) is 10.4 Å². The van der Waals surface area contributed by atoms with E-state index in [0.717, 1.165) is 58.3 Å². The number of nitrogens with zero attached hydrogens (tertiary/aromatic N) is 2. The molecule has 0 radical (unpaired) electrons. The number of carbonyl (C=O) groups is 4. The number of nitriles is 1. The average molecular weight is 632 g/mol. The van der Waals surface area contributed by atoms with Crippen molar-refractivity contribution in [2.75, 3.05) is 25.6 Å². The number of fused-ring (bicyclic) bond motifs is 1. The molecule has 0 unspecified atom stereocenters. The van der Waals surface area contributed by atoms with Gasteiger partial charge in [-0.1, -0.05) is 24.3 Å². The van der Waals surface area contributed by atoms with E-state index in [4.69, 9.17) is 14.2 Å². The Labute approximate surface area is 262 Å². The number of rotatable bonds is 10. The fourth-order valence-corrected chi connectivity index (χ4v) is 7.11. The number of methoxy groups -OCH3 is 1. The van der Waals surface area contributed by atoms with E-state index >= 15 is 0 Å². The van der Waals surface area contributed by atoms with E-state index in [9.17, 15) is 24.4 Å². The predicted molar refractivity (Wildman–Crippen MR) is 167 cm³/mol. The minimum atomic E-state index is -0.598. The van der Waals surface area contributed by atoms with Crippen LogP contribution in [-0.2, 0) is 33.8 Å². The normalized spacial score (nSPS) is 15.1. The van der Waals surface area contributed by atoms with E-state index in [1.54, 1.807) is 43.3 Å². The SMILES string of the molecule is CCOC(=O)c1c(NC(=O)CN2C(=O)S/C(=C/c3ccc(OCc4ccccc4C#N)c(OC)c3)C2=O)sc2c1CCCC2. The van der Waals surface area contributed by atoms with Crippen LogP contribution in [0.3, 0.4) is 0 Å². The van der Waals surface area contributed by atoms with E-state index in [1.165, 1.54) is 18.4 Å². The molecule has 226 valence electrons. The van der Waals surface area contributed by atoms with Crippen LogP contribution in [0.1, 0.15) is 57.3 Å². The molecule has 0 bridgehead atoms. The van der Waals surface area contributed by atoms with Crippen molar-refractivity contribution in [3.8, 4) is 17.6 Å². The van der Waals surface area contributed by atoms with Crippen LogP contribution in [0.2, 0.25) is 0 Å². The third-order valence-corrected chi connectivity index (χ3v) is 9.20. The van der Waals surface area contributed by atoms with Gasteiger partial charge in [0.1, 0.15) is 18.2 Å². The first-order valence-electron chi connectivity index (χ1n) is 14.0. The van der Waals surface area contributed by atoms with Gasteiger partial charge < -0.3 is 19.5 Å².